The Morgan fingerprint density at radius 2 is 2.20 bits per heavy atom. The third-order valence-corrected chi connectivity index (χ3v) is 3.71. The van der Waals surface area contributed by atoms with Crippen molar-refractivity contribution in [2.24, 2.45) is 0 Å². The first kappa shape index (κ1) is 16.7. The van der Waals surface area contributed by atoms with Gasteiger partial charge in [0, 0.05) is 19.6 Å². The lowest BCUT2D eigenvalue weighted by Gasteiger charge is -2.22. The van der Waals surface area contributed by atoms with E-state index in [9.17, 15) is 9.90 Å². The van der Waals surface area contributed by atoms with Crippen LogP contribution >= 0.6 is 15.9 Å². The topological polar surface area (TPSA) is 105 Å². The lowest BCUT2D eigenvalue weighted by molar-refractivity contribution is 0.0324. The van der Waals surface area contributed by atoms with Crippen molar-refractivity contribution in [1.82, 2.24) is 5.32 Å². The van der Waals surface area contributed by atoms with Gasteiger partial charge in [0.05, 0.1) is 28.4 Å². The first-order chi connectivity index (χ1) is 9.32. The Hall–Kier alpha value is -1.31. The zero-order chi connectivity index (χ0) is 15.3. The summed E-state index contributed by atoms with van der Waals surface area (Å²) in [5, 5.41) is 21.3. The van der Waals surface area contributed by atoms with Gasteiger partial charge in [-0.1, -0.05) is 0 Å². The summed E-state index contributed by atoms with van der Waals surface area (Å²) in [5.41, 5.74) is 5.26. The molecule has 20 heavy (non-hydrogen) atoms. The van der Waals surface area contributed by atoms with E-state index >= 15 is 0 Å². The van der Waals surface area contributed by atoms with Crippen LogP contribution in [-0.4, -0.2) is 42.0 Å². The number of nitrogens with one attached hydrogen (secondary N) is 1. The molecule has 0 aromatic heterocycles. The number of halogens is 1. The fourth-order valence-corrected chi connectivity index (χ4v) is 2.13. The highest BCUT2D eigenvalue weighted by molar-refractivity contribution is 9.10. The normalized spacial score (nSPS) is 13.7. The maximum atomic E-state index is 12.0. The van der Waals surface area contributed by atoms with Crippen LogP contribution in [0.25, 0.3) is 0 Å². The second kappa shape index (κ2) is 6.92. The van der Waals surface area contributed by atoms with Gasteiger partial charge in [0.2, 0.25) is 0 Å². The molecule has 0 heterocycles. The second-order valence-corrected chi connectivity index (χ2v) is 5.49. The van der Waals surface area contributed by atoms with Gasteiger partial charge in [0.15, 0.2) is 0 Å². The number of carbonyl (C=O) groups is 1. The largest absolute Gasteiger partial charge is 0.495 e. The number of nitrogens with two attached hydrogens (primary N) is 1. The fraction of sp³-hybridized carbons (Fsp3) is 0.462. The van der Waals surface area contributed by atoms with Crippen LogP contribution in [0, 0.1) is 0 Å². The standard InChI is InChI=1S/C13H19BrN2O4/c1-13(19,5-6-17)7-16-12(18)8-3-4-9(20-2)10(14)11(8)15/h3-4,17,19H,5-7,15H2,1-2H3,(H,16,18). The first-order valence-electron chi connectivity index (χ1n) is 6.06. The summed E-state index contributed by atoms with van der Waals surface area (Å²) in [6.07, 6.45) is 0.176. The van der Waals surface area contributed by atoms with E-state index in [2.05, 4.69) is 21.2 Å². The number of anilines is 1. The lowest BCUT2D eigenvalue weighted by atomic mass is 10.0. The predicted molar refractivity (Wildman–Crippen MR) is 79.8 cm³/mol. The van der Waals surface area contributed by atoms with Gasteiger partial charge in [-0.15, -0.1) is 0 Å². The molecule has 0 aliphatic heterocycles. The minimum absolute atomic E-state index is 0.0233. The van der Waals surface area contributed by atoms with E-state index < -0.39 is 11.5 Å². The van der Waals surface area contributed by atoms with Crippen LogP contribution in [0.15, 0.2) is 16.6 Å². The van der Waals surface area contributed by atoms with Crippen molar-refractivity contribution >= 4 is 27.5 Å². The van der Waals surface area contributed by atoms with E-state index in [1.165, 1.54) is 14.0 Å². The smallest absolute Gasteiger partial charge is 0.253 e. The summed E-state index contributed by atoms with van der Waals surface area (Å²) in [7, 11) is 1.51. The Labute approximate surface area is 126 Å². The highest BCUT2D eigenvalue weighted by Gasteiger charge is 2.22. The molecular formula is C13H19BrN2O4. The van der Waals surface area contributed by atoms with Crippen LogP contribution < -0.4 is 15.8 Å². The minimum Gasteiger partial charge on any atom is -0.495 e. The third kappa shape index (κ3) is 4.09. The Morgan fingerprint density at radius 3 is 2.75 bits per heavy atom. The average molecular weight is 347 g/mol. The SMILES string of the molecule is COc1ccc(C(=O)NCC(C)(O)CCO)c(N)c1Br. The summed E-state index contributed by atoms with van der Waals surface area (Å²) < 4.78 is 5.59. The Morgan fingerprint density at radius 1 is 1.55 bits per heavy atom. The molecule has 0 radical (unpaired) electrons. The lowest BCUT2D eigenvalue weighted by Crippen LogP contribution is -2.41. The molecule has 112 valence electrons. The molecule has 0 bridgehead atoms. The van der Waals surface area contributed by atoms with Crippen molar-refractivity contribution in [3.63, 3.8) is 0 Å². The van der Waals surface area contributed by atoms with Gasteiger partial charge in [-0.05, 0) is 35.0 Å². The van der Waals surface area contributed by atoms with Crippen LogP contribution in [0.2, 0.25) is 0 Å². The van der Waals surface area contributed by atoms with Gasteiger partial charge in [-0.2, -0.15) is 0 Å². The van der Waals surface area contributed by atoms with E-state index in [-0.39, 0.29) is 30.8 Å². The van der Waals surface area contributed by atoms with Crippen LogP contribution in [-0.2, 0) is 0 Å². The summed E-state index contributed by atoms with van der Waals surface area (Å²) in [5.74, 6) is 0.135. The highest BCUT2D eigenvalue weighted by Crippen LogP contribution is 2.33. The molecular weight excluding hydrogens is 328 g/mol. The van der Waals surface area contributed by atoms with Crippen molar-refractivity contribution in [3.8, 4) is 5.75 Å². The van der Waals surface area contributed by atoms with Gasteiger partial charge in [-0.3, -0.25) is 4.79 Å². The summed E-state index contributed by atoms with van der Waals surface area (Å²) >= 11 is 3.26. The number of ether oxygens (including phenoxy) is 1. The molecule has 0 fully saturated rings. The maximum absolute atomic E-state index is 12.0. The van der Waals surface area contributed by atoms with E-state index in [0.29, 0.717) is 10.2 Å². The number of methoxy groups -OCH3 is 1. The van der Waals surface area contributed by atoms with Crippen molar-refractivity contribution in [3.05, 3.63) is 22.2 Å². The van der Waals surface area contributed by atoms with E-state index in [0.717, 1.165) is 0 Å². The number of aliphatic hydroxyl groups excluding tert-OH is 1. The van der Waals surface area contributed by atoms with E-state index in [4.69, 9.17) is 15.6 Å². The van der Waals surface area contributed by atoms with Gasteiger partial charge in [0.1, 0.15) is 5.75 Å². The highest BCUT2D eigenvalue weighted by atomic mass is 79.9. The van der Waals surface area contributed by atoms with Crippen LogP contribution in [0.3, 0.4) is 0 Å². The number of nitrogen functional groups attached to an aromatic ring is 1. The number of hydrogen-bond donors (Lipinski definition) is 4. The molecule has 7 heteroatoms. The molecule has 0 aliphatic carbocycles. The second-order valence-electron chi connectivity index (χ2n) is 4.70. The molecule has 5 N–H and O–H groups in total. The van der Waals surface area contributed by atoms with Crippen LogP contribution in [0.1, 0.15) is 23.7 Å². The number of hydrogen-bond acceptors (Lipinski definition) is 5. The quantitative estimate of drug-likeness (QED) is 0.573. The predicted octanol–water partition coefficient (Wildman–Crippen LogP) is 0.903. The molecule has 0 aliphatic rings. The molecule has 6 nitrogen and oxygen atoms in total. The molecule has 0 spiro atoms. The van der Waals surface area contributed by atoms with Crippen molar-refractivity contribution < 1.29 is 19.7 Å². The molecule has 1 rings (SSSR count). The van der Waals surface area contributed by atoms with Gasteiger partial charge in [-0.25, -0.2) is 0 Å². The Kier molecular flexibility index (Phi) is 5.79. The molecule has 1 unspecified atom stereocenters. The minimum atomic E-state index is -1.16. The van der Waals surface area contributed by atoms with Gasteiger partial charge in [0.25, 0.3) is 5.91 Å². The monoisotopic (exact) mass is 346 g/mol. The average Bonchev–Trinajstić information content (AvgIpc) is 2.39. The molecule has 1 atom stereocenters. The Bertz CT molecular complexity index is 492. The first-order valence-corrected chi connectivity index (χ1v) is 6.85. The Balaban J connectivity index is 2.81. The zero-order valence-electron chi connectivity index (χ0n) is 11.4. The maximum Gasteiger partial charge on any atom is 0.253 e. The van der Waals surface area contributed by atoms with Crippen molar-refractivity contribution in [2.45, 2.75) is 18.9 Å². The molecule has 1 aromatic rings. The summed E-state index contributed by atoms with van der Waals surface area (Å²) in [6, 6.07) is 3.18. The van der Waals surface area contributed by atoms with Crippen molar-refractivity contribution in [1.29, 1.82) is 0 Å². The molecule has 0 saturated carbocycles. The third-order valence-electron chi connectivity index (χ3n) is 2.89. The molecule has 1 amide bonds. The fourth-order valence-electron chi connectivity index (χ4n) is 1.62. The van der Waals surface area contributed by atoms with E-state index in [1.54, 1.807) is 12.1 Å². The van der Waals surface area contributed by atoms with Crippen LogP contribution in [0.5, 0.6) is 5.75 Å². The van der Waals surface area contributed by atoms with E-state index in [1.807, 2.05) is 0 Å². The summed E-state index contributed by atoms with van der Waals surface area (Å²) in [4.78, 5) is 12.0. The van der Waals surface area contributed by atoms with Gasteiger partial charge >= 0.3 is 0 Å². The number of benzene rings is 1. The number of aliphatic hydroxyl groups is 2. The molecule has 0 saturated heterocycles. The zero-order valence-corrected chi connectivity index (χ0v) is 13.0. The van der Waals surface area contributed by atoms with Crippen molar-refractivity contribution in [2.75, 3.05) is 26.0 Å². The molecule has 1 aromatic carbocycles. The number of carbonyl (C=O) groups excluding carboxylic acids is 1. The summed E-state index contributed by atoms with van der Waals surface area (Å²) in [6.45, 7) is 1.41. The van der Waals surface area contributed by atoms with Crippen LogP contribution in [0.4, 0.5) is 5.69 Å². The number of amides is 1. The number of rotatable bonds is 6. The van der Waals surface area contributed by atoms with Gasteiger partial charge < -0.3 is 26.0 Å².